The topological polar surface area (TPSA) is 113 Å². The van der Waals surface area contributed by atoms with Gasteiger partial charge in [0.2, 0.25) is 0 Å². The van der Waals surface area contributed by atoms with Crippen molar-refractivity contribution >= 4 is 0 Å². The lowest BCUT2D eigenvalue weighted by atomic mass is 10.1. The zero-order chi connectivity index (χ0) is 18.1. The van der Waals surface area contributed by atoms with Crippen molar-refractivity contribution in [3.05, 3.63) is 53.6 Å². The summed E-state index contributed by atoms with van der Waals surface area (Å²) in [5, 5.41) is 48.4. The minimum atomic E-state index is -0.819. The van der Waals surface area contributed by atoms with Gasteiger partial charge >= 0.3 is 0 Å². The molecule has 6 nitrogen and oxygen atoms in total. The molecule has 2 unspecified atom stereocenters. The van der Waals surface area contributed by atoms with Crippen LogP contribution in [-0.4, -0.2) is 45.2 Å². The summed E-state index contributed by atoms with van der Waals surface area (Å²) in [5.41, 5.74) is 1.55. The molecule has 6 heteroatoms. The van der Waals surface area contributed by atoms with Crippen LogP contribution in [0.25, 0.3) is 0 Å². The molecular weight excluding hydrogens is 310 g/mol. The Morgan fingerprint density at radius 2 is 1.42 bits per heavy atom. The van der Waals surface area contributed by atoms with Gasteiger partial charge in [-0.3, -0.25) is 0 Å². The molecule has 0 saturated carbocycles. The predicted molar refractivity (Wildman–Crippen MR) is 92.1 cm³/mol. The molecule has 6 N–H and O–H groups in total. The van der Waals surface area contributed by atoms with Crippen molar-refractivity contribution in [2.24, 2.45) is 0 Å². The Morgan fingerprint density at radius 1 is 0.875 bits per heavy atom. The van der Waals surface area contributed by atoms with Crippen molar-refractivity contribution < 1.29 is 25.5 Å². The molecule has 2 atom stereocenters. The van der Waals surface area contributed by atoms with Crippen LogP contribution in [0.4, 0.5) is 0 Å². The van der Waals surface area contributed by atoms with Crippen molar-refractivity contribution in [1.82, 2.24) is 5.32 Å². The Hall–Kier alpha value is -2.28. The number of nitrogens with one attached hydrogen (secondary N) is 1. The molecule has 0 saturated heterocycles. The van der Waals surface area contributed by atoms with Crippen molar-refractivity contribution in [3.8, 4) is 17.2 Å². The Kier molecular flexibility index (Phi) is 8.05. The number of rotatable bonds is 6. The van der Waals surface area contributed by atoms with Crippen LogP contribution in [0.5, 0.6) is 17.2 Å². The molecule has 0 amide bonds. The van der Waals surface area contributed by atoms with Crippen molar-refractivity contribution in [1.29, 1.82) is 0 Å². The van der Waals surface area contributed by atoms with Gasteiger partial charge in [-0.25, -0.2) is 0 Å². The van der Waals surface area contributed by atoms with Crippen molar-refractivity contribution in [2.45, 2.75) is 25.5 Å². The molecule has 2 rings (SSSR count). The molecule has 0 spiro atoms. The van der Waals surface area contributed by atoms with E-state index in [4.69, 9.17) is 5.11 Å². The number of hydrogen-bond donors (Lipinski definition) is 6. The van der Waals surface area contributed by atoms with Gasteiger partial charge in [-0.05, 0) is 48.7 Å². The molecule has 132 valence electrons. The summed E-state index contributed by atoms with van der Waals surface area (Å²) in [6.45, 7) is 2.31. The molecular formula is C18H25NO5. The third-order valence-electron chi connectivity index (χ3n) is 3.45. The maximum atomic E-state index is 10.1. The zero-order valence-electron chi connectivity index (χ0n) is 13.8. The van der Waals surface area contributed by atoms with Crippen molar-refractivity contribution in [3.63, 3.8) is 0 Å². The van der Waals surface area contributed by atoms with Gasteiger partial charge in [0.15, 0.2) is 0 Å². The van der Waals surface area contributed by atoms with Crippen LogP contribution >= 0.6 is 0 Å². The SMILES string of the molecule is CC(Cc1ccc(O)cc1)NCC(O)c1cc(O)cc(O)c1.CO. The number of aromatic hydroxyl groups is 3. The average molecular weight is 335 g/mol. The van der Waals surface area contributed by atoms with Crippen LogP contribution in [0.2, 0.25) is 0 Å². The van der Waals surface area contributed by atoms with E-state index in [1.807, 2.05) is 19.1 Å². The van der Waals surface area contributed by atoms with E-state index in [2.05, 4.69) is 5.32 Å². The highest BCUT2D eigenvalue weighted by Gasteiger charge is 2.12. The van der Waals surface area contributed by atoms with E-state index in [9.17, 15) is 20.4 Å². The average Bonchev–Trinajstić information content (AvgIpc) is 2.56. The molecule has 0 fully saturated rings. The Labute approximate surface area is 141 Å². The van der Waals surface area contributed by atoms with E-state index in [1.54, 1.807) is 12.1 Å². The molecule has 0 aliphatic carbocycles. The summed E-state index contributed by atoms with van der Waals surface area (Å²) < 4.78 is 0. The first-order chi connectivity index (χ1) is 11.4. The molecule has 0 aliphatic heterocycles. The normalized spacial score (nSPS) is 12.8. The van der Waals surface area contributed by atoms with E-state index in [-0.39, 0.29) is 23.3 Å². The molecule has 24 heavy (non-hydrogen) atoms. The van der Waals surface area contributed by atoms with Crippen LogP contribution < -0.4 is 5.32 Å². The molecule has 0 aliphatic rings. The third kappa shape index (κ3) is 6.45. The Bertz CT molecular complexity index is 595. The van der Waals surface area contributed by atoms with E-state index in [0.717, 1.165) is 19.1 Å². The van der Waals surface area contributed by atoms with Crippen molar-refractivity contribution in [2.75, 3.05) is 13.7 Å². The first-order valence-corrected chi connectivity index (χ1v) is 7.61. The molecule has 2 aromatic carbocycles. The van der Waals surface area contributed by atoms with Gasteiger partial charge in [-0.2, -0.15) is 0 Å². The van der Waals surface area contributed by atoms with Gasteiger partial charge in [0, 0.05) is 25.8 Å². The van der Waals surface area contributed by atoms with Crippen LogP contribution in [0.1, 0.15) is 24.2 Å². The van der Waals surface area contributed by atoms with E-state index in [1.165, 1.54) is 18.2 Å². The highest BCUT2D eigenvalue weighted by molar-refractivity contribution is 5.37. The quantitative estimate of drug-likeness (QED) is 0.479. The lowest BCUT2D eigenvalue weighted by Crippen LogP contribution is -2.32. The third-order valence-corrected chi connectivity index (χ3v) is 3.45. The van der Waals surface area contributed by atoms with Gasteiger partial charge in [-0.15, -0.1) is 0 Å². The summed E-state index contributed by atoms with van der Waals surface area (Å²) in [6.07, 6.45) is -0.0570. The van der Waals surface area contributed by atoms with Gasteiger partial charge in [-0.1, -0.05) is 12.1 Å². The predicted octanol–water partition coefficient (Wildman–Crippen LogP) is 1.67. The van der Waals surface area contributed by atoms with Gasteiger partial charge in [0.1, 0.15) is 17.2 Å². The number of benzene rings is 2. The largest absolute Gasteiger partial charge is 0.508 e. The van der Waals surface area contributed by atoms with Crippen LogP contribution in [0.3, 0.4) is 0 Å². The Balaban J connectivity index is 0.00000139. The molecule has 0 radical (unpaired) electrons. The number of hydrogen-bond acceptors (Lipinski definition) is 6. The first-order valence-electron chi connectivity index (χ1n) is 7.61. The number of phenols is 3. The minimum Gasteiger partial charge on any atom is -0.508 e. The van der Waals surface area contributed by atoms with E-state index < -0.39 is 6.10 Å². The number of phenolic OH excluding ortho intramolecular Hbond substituents is 3. The van der Waals surface area contributed by atoms with E-state index >= 15 is 0 Å². The summed E-state index contributed by atoms with van der Waals surface area (Å²) in [6, 6.07) is 11.2. The smallest absolute Gasteiger partial charge is 0.119 e. The second-order valence-corrected chi connectivity index (χ2v) is 5.48. The molecule has 0 heterocycles. The fourth-order valence-electron chi connectivity index (χ4n) is 2.30. The highest BCUT2D eigenvalue weighted by Crippen LogP contribution is 2.24. The summed E-state index contributed by atoms with van der Waals surface area (Å²) in [4.78, 5) is 0. The fourth-order valence-corrected chi connectivity index (χ4v) is 2.30. The fraction of sp³-hybridized carbons (Fsp3) is 0.333. The first kappa shape index (κ1) is 19.8. The second-order valence-electron chi connectivity index (χ2n) is 5.48. The molecule has 0 aromatic heterocycles. The Morgan fingerprint density at radius 3 is 1.96 bits per heavy atom. The summed E-state index contributed by atoms with van der Waals surface area (Å²) in [7, 11) is 1.00. The molecule has 2 aromatic rings. The van der Waals surface area contributed by atoms with Crippen LogP contribution in [0, 0.1) is 0 Å². The number of aliphatic hydroxyl groups excluding tert-OH is 2. The lowest BCUT2D eigenvalue weighted by Gasteiger charge is -2.18. The van der Waals surface area contributed by atoms with Gasteiger partial charge in [0.25, 0.3) is 0 Å². The van der Waals surface area contributed by atoms with E-state index in [0.29, 0.717) is 12.1 Å². The summed E-state index contributed by atoms with van der Waals surface area (Å²) >= 11 is 0. The minimum absolute atomic E-state index is 0.0776. The van der Waals surface area contributed by atoms with Gasteiger partial charge in [0.05, 0.1) is 6.10 Å². The zero-order valence-corrected chi connectivity index (χ0v) is 13.8. The monoisotopic (exact) mass is 335 g/mol. The highest BCUT2D eigenvalue weighted by atomic mass is 16.3. The standard InChI is InChI=1S/C17H21NO4.CH4O/c1-11(6-12-2-4-14(19)5-3-12)18-10-17(22)13-7-15(20)9-16(21)8-13;1-2/h2-5,7-9,11,17-22H,6,10H2,1H3;2H,1H3. The number of aliphatic hydroxyl groups is 2. The van der Waals surface area contributed by atoms with Crippen LogP contribution in [0.15, 0.2) is 42.5 Å². The maximum Gasteiger partial charge on any atom is 0.119 e. The van der Waals surface area contributed by atoms with Gasteiger partial charge < -0.3 is 30.8 Å². The molecule has 0 bridgehead atoms. The van der Waals surface area contributed by atoms with Crippen LogP contribution in [-0.2, 0) is 6.42 Å². The second kappa shape index (κ2) is 9.77. The summed E-state index contributed by atoms with van der Waals surface area (Å²) in [5.74, 6) is 0.0841. The maximum absolute atomic E-state index is 10.1. The lowest BCUT2D eigenvalue weighted by molar-refractivity contribution is 0.170.